The molecule has 0 spiro atoms. The smallest absolute Gasteiger partial charge is 0.357 e. The molecule has 0 radical (unpaired) electrons. The van der Waals surface area contributed by atoms with Crippen LogP contribution in [0.5, 0.6) is 11.5 Å². The van der Waals surface area contributed by atoms with Crippen molar-refractivity contribution in [3.63, 3.8) is 0 Å². The summed E-state index contributed by atoms with van der Waals surface area (Å²) in [5.74, 6) is 1.52. The Morgan fingerprint density at radius 1 is 1.14 bits per heavy atom. The van der Waals surface area contributed by atoms with Crippen molar-refractivity contribution < 1.29 is 14.2 Å². The molecule has 0 amide bonds. The summed E-state index contributed by atoms with van der Waals surface area (Å²) in [6.45, 7) is 4.51. The Morgan fingerprint density at radius 3 is 2.59 bits per heavy atom. The van der Waals surface area contributed by atoms with E-state index >= 15 is 0 Å². The molecule has 0 aliphatic heterocycles. The Bertz CT molecular complexity index is 686. The highest BCUT2D eigenvalue weighted by molar-refractivity contribution is 14.1. The van der Waals surface area contributed by atoms with Crippen LogP contribution in [0.25, 0.3) is 0 Å². The fraction of sp³-hybridized carbons (Fsp3) is 0.235. The number of methoxy groups -OCH3 is 1. The Labute approximate surface area is 149 Å². The van der Waals surface area contributed by atoms with E-state index in [4.69, 9.17) is 26.4 Å². The molecule has 0 atom stereocenters. The Hall–Kier alpha value is -1.34. The van der Waals surface area contributed by atoms with E-state index < -0.39 is 0 Å². The van der Waals surface area contributed by atoms with Crippen LogP contribution < -0.4 is 9.47 Å². The maximum atomic E-state index is 5.95. The van der Waals surface area contributed by atoms with Gasteiger partial charge in [0, 0.05) is 21.4 Å². The number of halogens is 1. The lowest BCUT2D eigenvalue weighted by molar-refractivity contribution is 0.287. The van der Waals surface area contributed by atoms with Gasteiger partial charge >= 0.3 is 5.24 Å². The molecule has 0 bridgehead atoms. The van der Waals surface area contributed by atoms with Gasteiger partial charge in [-0.05, 0) is 60.2 Å². The Morgan fingerprint density at radius 2 is 1.91 bits per heavy atom. The van der Waals surface area contributed by atoms with E-state index in [0.29, 0.717) is 12.4 Å². The highest BCUT2D eigenvalue weighted by atomic mass is 127. The van der Waals surface area contributed by atoms with E-state index in [0.717, 1.165) is 20.4 Å². The maximum Gasteiger partial charge on any atom is 0.357 e. The number of ether oxygens (including phenoxy) is 3. The third-order valence-corrected chi connectivity index (χ3v) is 4.40. The van der Waals surface area contributed by atoms with Crippen molar-refractivity contribution in [3.8, 4) is 11.5 Å². The number of thiocarbonyl (C=S) groups is 1. The van der Waals surface area contributed by atoms with Gasteiger partial charge in [0.05, 0.1) is 7.11 Å². The summed E-state index contributed by atoms with van der Waals surface area (Å²) >= 11 is 7.22. The molecule has 3 nitrogen and oxygen atoms in total. The van der Waals surface area contributed by atoms with Gasteiger partial charge in [0.2, 0.25) is 0 Å². The van der Waals surface area contributed by atoms with Crippen LogP contribution in [0.1, 0.15) is 16.7 Å². The summed E-state index contributed by atoms with van der Waals surface area (Å²) in [6.07, 6.45) is 0. The number of aryl methyl sites for hydroxylation is 2. The normalized spacial score (nSPS) is 10.2. The van der Waals surface area contributed by atoms with E-state index in [1.54, 1.807) is 0 Å². The van der Waals surface area contributed by atoms with Gasteiger partial charge in [-0.3, -0.25) is 0 Å². The van der Waals surface area contributed by atoms with Crippen LogP contribution >= 0.6 is 34.8 Å². The van der Waals surface area contributed by atoms with Gasteiger partial charge in [-0.15, -0.1) is 0 Å². The fourth-order valence-electron chi connectivity index (χ4n) is 2.02. The van der Waals surface area contributed by atoms with Gasteiger partial charge in [0.1, 0.15) is 18.1 Å². The standard InChI is InChI=1S/C17H17IO3S/c1-11-7-8-15(12(2)9-11)20-10-13-14(18)5-4-6-16(13)21-17(22)19-3/h4-9H,10H2,1-3H3. The van der Waals surface area contributed by atoms with Gasteiger partial charge in [0.15, 0.2) is 0 Å². The first-order valence-corrected chi connectivity index (χ1v) is 8.23. The summed E-state index contributed by atoms with van der Waals surface area (Å²) in [5.41, 5.74) is 3.27. The number of benzene rings is 2. The van der Waals surface area contributed by atoms with Gasteiger partial charge < -0.3 is 14.2 Å². The second kappa shape index (κ2) is 7.78. The average molecular weight is 428 g/mol. The molecule has 0 unspecified atom stereocenters. The van der Waals surface area contributed by atoms with Crippen LogP contribution in [0.2, 0.25) is 0 Å². The molecule has 22 heavy (non-hydrogen) atoms. The van der Waals surface area contributed by atoms with Gasteiger partial charge in [-0.2, -0.15) is 0 Å². The van der Waals surface area contributed by atoms with E-state index in [1.165, 1.54) is 12.7 Å². The molecule has 0 saturated carbocycles. The predicted molar refractivity (Wildman–Crippen MR) is 99.6 cm³/mol. The van der Waals surface area contributed by atoms with Crippen LogP contribution in [0.15, 0.2) is 36.4 Å². The largest absolute Gasteiger partial charge is 0.488 e. The first kappa shape index (κ1) is 17.0. The molecule has 0 heterocycles. The fourth-order valence-corrected chi connectivity index (χ4v) is 2.74. The number of rotatable bonds is 4. The SMILES string of the molecule is COC(=S)Oc1cccc(I)c1COc1ccc(C)cc1C. The highest BCUT2D eigenvalue weighted by Crippen LogP contribution is 2.27. The summed E-state index contributed by atoms with van der Waals surface area (Å²) in [6, 6.07) is 11.9. The molecular weight excluding hydrogens is 411 g/mol. The maximum absolute atomic E-state index is 5.95. The first-order chi connectivity index (χ1) is 10.5. The summed E-state index contributed by atoms with van der Waals surface area (Å²) in [4.78, 5) is 0. The van der Waals surface area contributed by atoms with Crippen molar-refractivity contribution in [3.05, 3.63) is 56.7 Å². The van der Waals surface area contributed by atoms with Crippen LogP contribution in [0.4, 0.5) is 0 Å². The number of hydrogen-bond donors (Lipinski definition) is 0. The average Bonchev–Trinajstić information content (AvgIpc) is 2.48. The summed E-state index contributed by atoms with van der Waals surface area (Å²) in [7, 11) is 1.49. The molecule has 116 valence electrons. The van der Waals surface area contributed by atoms with E-state index in [1.807, 2.05) is 37.3 Å². The van der Waals surface area contributed by atoms with Gasteiger partial charge in [-0.1, -0.05) is 23.8 Å². The van der Waals surface area contributed by atoms with Crippen LogP contribution in [-0.2, 0) is 11.3 Å². The molecule has 2 aromatic carbocycles. The molecule has 5 heteroatoms. The molecule has 0 fully saturated rings. The molecule has 0 saturated heterocycles. The second-order valence-electron chi connectivity index (χ2n) is 4.83. The summed E-state index contributed by atoms with van der Waals surface area (Å²) < 4.78 is 17.4. The van der Waals surface area contributed by atoms with E-state index in [-0.39, 0.29) is 5.24 Å². The minimum Gasteiger partial charge on any atom is -0.488 e. The minimum atomic E-state index is 0.0924. The van der Waals surface area contributed by atoms with Gasteiger partial charge in [-0.25, -0.2) is 0 Å². The molecule has 0 N–H and O–H groups in total. The molecule has 0 aliphatic rings. The lowest BCUT2D eigenvalue weighted by Gasteiger charge is -2.14. The third-order valence-electron chi connectivity index (χ3n) is 3.14. The monoisotopic (exact) mass is 428 g/mol. The van der Waals surface area contributed by atoms with Gasteiger partial charge in [0.25, 0.3) is 0 Å². The predicted octanol–water partition coefficient (Wildman–Crippen LogP) is 4.80. The molecule has 0 aliphatic carbocycles. The molecule has 0 aromatic heterocycles. The topological polar surface area (TPSA) is 27.7 Å². The zero-order valence-corrected chi connectivity index (χ0v) is 15.7. The van der Waals surface area contributed by atoms with Crippen molar-refractivity contribution in [2.75, 3.05) is 7.11 Å². The quantitative estimate of drug-likeness (QED) is 0.517. The molecular formula is C17H17IO3S. The van der Waals surface area contributed by atoms with Crippen LogP contribution in [0.3, 0.4) is 0 Å². The van der Waals surface area contributed by atoms with E-state index in [9.17, 15) is 0 Å². The van der Waals surface area contributed by atoms with Crippen molar-refractivity contribution >= 4 is 40.0 Å². The lowest BCUT2D eigenvalue weighted by atomic mass is 10.1. The first-order valence-electron chi connectivity index (χ1n) is 6.74. The second-order valence-corrected chi connectivity index (χ2v) is 6.33. The van der Waals surface area contributed by atoms with Crippen LogP contribution in [-0.4, -0.2) is 12.3 Å². The minimum absolute atomic E-state index is 0.0924. The zero-order chi connectivity index (χ0) is 16.1. The van der Waals surface area contributed by atoms with Crippen molar-refractivity contribution in [2.24, 2.45) is 0 Å². The zero-order valence-electron chi connectivity index (χ0n) is 12.7. The van der Waals surface area contributed by atoms with Crippen molar-refractivity contribution in [2.45, 2.75) is 20.5 Å². The van der Waals surface area contributed by atoms with E-state index in [2.05, 4.69) is 35.6 Å². The highest BCUT2D eigenvalue weighted by Gasteiger charge is 2.12. The third kappa shape index (κ3) is 4.33. The van der Waals surface area contributed by atoms with Crippen molar-refractivity contribution in [1.29, 1.82) is 0 Å². The Balaban J connectivity index is 2.19. The lowest BCUT2D eigenvalue weighted by Crippen LogP contribution is -2.10. The number of hydrogen-bond acceptors (Lipinski definition) is 4. The molecule has 2 aromatic rings. The van der Waals surface area contributed by atoms with Crippen molar-refractivity contribution in [1.82, 2.24) is 0 Å². The van der Waals surface area contributed by atoms with Crippen LogP contribution in [0, 0.1) is 17.4 Å². The summed E-state index contributed by atoms with van der Waals surface area (Å²) in [5, 5.41) is 0.0924. The molecule has 2 rings (SSSR count). The Kier molecular flexibility index (Phi) is 6.02.